The maximum absolute atomic E-state index is 12.3. The number of carbonyl (C=O) groups excluding carboxylic acids is 1. The Labute approximate surface area is 136 Å². The summed E-state index contributed by atoms with van der Waals surface area (Å²) in [5, 5.41) is 6.36. The van der Waals surface area contributed by atoms with E-state index >= 15 is 0 Å². The first-order chi connectivity index (χ1) is 10.7. The van der Waals surface area contributed by atoms with Gasteiger partial charge in [0, 0.05) is 15.8 Å². The van der Waals surface area contributed by atoms with Crippen LogP contribution < -0.4 is 10.6 Å². The van der Waals surface area contributed by atoms with Crippen LogP contribution in [0, 0.1) is 23.7 Å². The molecule has 1 aromatic rings. The quantitative estimate of drug-likeness (QED) is 0.867. The minimum atomic E-state index is 0.0314. The van der Waals surface area contributed by atoms with Gasteiger partial charge in [0.15, 0.2) is 0 Å². The fraction of sp³-hybridized carbons (Fsp3) is 0.722. The Bertz CT molecular complexity index is 525. The molecule has 0 unspecified atom stereocenters. The minimum absolute atomic E-state index is 0.0314. The molecule has 0 saturated heterocycles. The fourth-order valence-electron chi connectivity index (χ4n) is 5.24. The van der Waals surface area contributed by atoms with Crippen LogP contribution in [0.25, 0.3) is 0 Å². The zero-order valence-electron chi connectivity index (χ0n) is 13.3. The first-order valence-electron chi connectivity index (χ1n) is 8.83. The molecular weight excluding hydrogens is 292 g/mol. The Balaban J connectivity index is 1.30. The molecule has 2 N–H and O–H groups in total. The molecule has 2 amide bonds. The summed E-state index contributed by atoms with van der Waals surface area (Å²) < 4.78 is 0. The molecular formula is C18H26N2OS. The summed E-state index contributed by atoms with van der Waals surface area (Å²) >= 11 is 1.80. The van der Waals surface area contributed by atoms with E-state index < -0.39 is 0 Å². The van der Waals surface area contributed by atoms with Crippen LogP contribution in [-0.2, 0) is 13.0 Å². The number of hydrogen-bond donors (Lipinski definition) is 2. The first-order valence-corrected chi connectivity index (χ1v) is 9.65. The lowest BCUT2D eigenvalue weighted by atomic mass is 9.54. The van der Waals surface area contributed by atoms with E-state index in [0.717, 1.165) is 30.1 Å². The van der Waals surface area contributed by atoms with Crippen molar-refractivity contribution in [2.45, 2.75) is 58.0 Å². The highest BCUT2D eigenvalue weighted by molar-refractivity contribution is 7.11. The summed E-state index contributed by atoms with van der Waals surface area (Å²) in [6.07, 6.45) is 7.94. The maximum atomic E-state index is 12.3. The molecule has 3 nitrogen and oxygen atoms in total. The Morgan fingerprint density at radius 3 is 2.32 bits per heavy atom. The predicted molar refractivity (Wildman–Crippen MR) is 89.9 cm³/mol. The lowest BCUT2D eigenvalue weighted by Gasteiger charge is -2.54. The van der Waals surface area contributed by atoms with Crippen LogP contribution in [0.1, 0.15) is 48.8 Å². The van der Waals surface area contributed by atoms with Crippen molar-refractivity contribution in [3.8, 4) is 0 Å². The summed E-state index contributed by atoms with van der Waals surface area (Å²) in [4.78, 5) is 14.9. The first kappa shape index (κ1) is 14.6. The van der Waals surface area contributed by atoms with E-state index in [0.29, 0.717) is 12.6 Å². The van der Waals surface area contributed by atoms with Crippen LogP contribution in [0.15, 0.2) is 12.1 Å². The van der Waals surface area contributed by atoms with E-state index in [9.17, 15) is 4.79 Å². The van der Waals surface area contributed by atoms with Crippen molar-refractivity contribution in [3.05, 3.63) is 21.9 Å². The number of aryl methyl sites for hydroxylation is 1. The van der Waals surface area contributed by atoms with Crippen LogP contribution in [0.5, 0.6) is 0 Å². The van der Waals surface area contributed by atoms with Crippen molar-refractivity contribution in [2.75, 3.05) is 0 Å². The fourth-order valence-corrected chi connectivity index (χ4v) is 6.14. The standard InChI is InChI=1S/C18H26N2OS/c1-2-15-3-4-16(22-15)10-19-18(21)20-17-13-6-11-5-12(8-13)9-14(17)7-11/h3-4,11-14,17H,2,5-10H2,1H3,(H2,19,20,21). The molecule has 120 valence electrons. The average Bonchev–Trinajstić information content (AvgIpc) is 2.96. The number of rotatable bonds is 4. The predicted octanol–water partition coefficient (Wildman–Crippen LogP) is 3.93. The summed E-state index contributed by atoms with van der Waals surface area (Å²) in [7, 11) is 0. The van der Waals surface area contributed by atoms with Crippen molar-refractivity contribution < 1.29 is 4.79 Å². The molecule has 4 bridgehead atoms. The van der Waals surface area contributed by atoms with Crippen LogP contribution in [0.2, 0.25) is 0 Å². The maximum Gasteiger partial charge on any atom is 0.315 e. The average molecular weight is 318 g/mol. The summed E-state index contributed by atoms with van der Waals surface area (Å²) in [5.74, 6) is 3.41. The van der Waals surface area contributed by atoms with Gasteiger partial charge in [-0.1, -0.05) is 6.92 Å². The van der Waals surface area contributed by atoms with Crippen molar-refractivity contribution >= 4 is 17.4 Å². The Morgan fingerprint density at radius 1 is 1.09 bits per heavy atom. The van der Waals surface area contributed by atoms with Crippen molar-refractivity contribution in [1.29, 1.82) is 0 Å². The lowest BCUT2D eigenvalue weighted by molar-refractivity contribution is -0.00942. The smallest absolute Gasteiger partial charge is 0.315 e. The highest BCUT2D eigenvalue weighted by atomic mass is 32.1. The molecule has 0 aliphatic heterocycles. The van der Waals surface area contributed by atoms with Gasteiger partial charge in [-0.05, 0) is 74.3 Å². The minimum Gasteiger partial charge on any atom is -0.335 e. The number of nitrogens with one attached hydrogen (secondary N) is 2. The highest BCUT2D eigenvalue weighted by Crippen LogP contribution is 2.53. The number of hydrogen-bond acceptors (Lipinski definition) is 2. The van der Waals surface area contributed by atoms with Crippen LogP contribution in [-0.4, -0.2) is 12.1 Å². The molecule has 4 aliphatic rings. The second-order valence-corrected chi connectivity index (χ2v) is 8.76. The molecule has 22 heavy (non-hydrogen) atoms. The summed E-state index contributed by atoms with van der Waals surface area (Å²) in [6.45, 7) is 2.83. The van der Waals surface area contributed by atoms with E-state index in [1.165, 1.54) is 41.9 Å². The monoisotopic (exact) mass is 318 g/mol. The van der Waals surface area contributed by atoms with Gasteiger partial charge in [-0.3, -0.25) is 0 Å². The molecule has 0 atom stereocenters. The molecule has 4 fully saturated rings. The molecule has 0 aromatic carbocycles. The molecule has 4 heteroatoms. The van der Waals surface area contributed by atoms with Gasteiger partial charge in [0.25, 0.3) is 0 Å². The SMILES string of the molecule is CCc1ccc(CNC(=O)NC2C3CC4CC(C3)CC2C4)s1. The second-order valence-electron chi connectivity index (χ2n) is 7.51. The third kappa shape index (κ3) is 2.78. The third-order valence-electron chi connectivity index (χ3n) is 6.01. The number of thiophene rings is 1. The number of urea groups is 1. The van der Waals surface area contributed by atoms with E-state index in [1.807, 2.05) is 0 Å². The zero-order chi connectivity index (χ0) is 15.1. The molecule has 5 rings (SSSR count). The summed E-state index contributed by atoms with van der Waals surface area (Å²) in [6, 6.07) is 4.76. The van der Waals surface area contributed by atoms with Crippen LogP contribution in [0.4, 0.5) is 4.79 Å². The van der Waals surface area contributed by atoms with Gasteiger partial charge in [0.05, 0.1) is 6.54 Å². The Hall–Kier alpha value is -1.03. The lowest BCUT2D eigenvalue weighted by Crippen LogP contribution is -2.57. The molecule has 0 radical (unpaired) electrons. The normalized spacial score (nSPS) is 35.6. The van der Waals surface area contributed by atoms with Crippen molar-refractivity contribution in [2.24, 2.45) is 23.7 Å². The van der Waals surface area contributed by atoms with Gasteiger partial charge >= 0.3 is 6.03 Å². The summed E-state index contributed by atoms with van der Waals surface area (Å²) in [5.41, 5.74) is 0. The van der Waals surface area contributed by atoms with Gasteiger partial charge in [-0.15, -0.1) is 11.3 Å². The van der Waals surface area contributed by atoms with Gasteiger partial charge in [0.1, 0.15) is 0 Å². The molecule has 1 aromatic heterocycles. The van der Waals surface area contributed by atoms with E-state index in [2.05, 4.69) is 29.7 Å². The number of amides is 2. The van der Waals surface area contributed by atoms with Crippen molar-refractivity contribution in [1.82, 2.24) is 10.6 Å². The van der Waals surface area contributed by atoms with Crippen molar-refractivity contribution in [3.63, 3.8) is 0 Å². The number of carbonyl (C=O) groups is 1. The van der Waals surface area contributed by atoms with Gasteiger partial charge in [-0.25, -0.2) is 4.79 Å². The van der Waals surface area contributed by atoms with Crippen LogP contribution >= 0.6 is 11.3 Å². The molecule has 4 aliphatic carbocycles. The second kappa shape index (κ2) is 5.88. The van der Waals surface area contributed by atoms with E-state index in [4.69, 9.17) is 0 Å². The van der Waals surface area contributed by atoms with E-state index in [1.54, 1.807) is 11.3 Å². The highest BCUT2D eigenvalue weighted by Gasteiger charge is 2.48. The molecule has 1 heterocycles. The largest absolute Gasteiger partial charge is 0.335 e. The van der Waals surface area contributed by atoms with Gasteiger partial charge in [0.2, 0.25) is 0 Å². The van der Waals surface area contributed by atoms with Crippen LogP contribution in [0.3, 0.4) is 0 Å². The topological polar surface area (TPSA) is 41.1 Å². The molecule has 4 saturated carbocycles. The van der Waals surface area contributed by atoms with Gasteiger partial charge in [-0.2, -0.15) is 0 Å². The Kier molecular flexibility index (Phi) is 3.89. The van der Waals surface area contributed by atoms with E-state index in [-0.39, 0.29) is 6.03 Å². The Morgan fingerprint density at radius 2 is 1.73 bits per heavy atom. The third-order valence-corrected chi connectivity index (χ3v) is 7.24. The van der Waals surface area contributed by atoms with Gasteiger partial charge < -0.3 is 10.6 Å². The zero-order valence-corrected chi connectivity index (χ0v) is 14.1. The molecule has 0 spiro atoms.